The first-order valence-electron chi connectivity index (χ1n) is 4.83. The molecule has 0 aliphatic heterocycles. The predicted octanol–water partition coefficient (Wildman–Crippen LogP) is 0.934. The van der Waals surface area contributed by atoms with Gasteiger partial charge in [0.15, 0.2) is 0 Å². The van der Waals surface area contributed by atoms with E-state index in [1.165, 1.54) is 6.92 Å². The third kappa shape index (κ3) is 3.11. The van der Waals surface area contributed by atoms with Gasteiger partial charge in [-0.05, 0) is 13.3 Å². The quantitative estimate of drug-likeness (QED) is 0.249. The molecule has 0 saturated carbocycles. The molecule has 17 heavy (non-hydrogen) atoms. The maximum absolute atomic E-state index is 10.8. The predicted molar refractivity (Wildman–Crippen MR) is 61.5 cm³/mol. The maximum Gasteiger partial charge on any atom is 0.352 e. The van der Waals surface area contributed by atoms with Gasteiger partial charge in [0.25, 0.3) is 5.88 Å². The molecule has 0 unspecified atom stereocenters. The normalized spacial score (nSPS) is 9.76. The first kappa shape index (κ1) is 12.8. The Labute approximate surface area is 97.6 Å². The maximum atomic E-state index is 10.8. The van der Waals surface area contributed by atoms with Crippen LogP contribution in [-0.2, 0) is 0 Å². The standard InChI is InChI=1S/C9H13N5O3/c1-3-4-5-17-8-7(14(15)16)6(2)11-9(12-8)13-10/h3H,1,4-5,10H2,2H3,(H,11,12,13). The summed E-state index contributed by atoms with van der Waals surface area (Å²) in [5.74, 6) is 5.12. The molecule has 3 N–H and O–H groups in total. The zero-order chi connectivity index (χ0) is 12.8. The van der Waals surface area contributed by atoms with Crippen molar-refractivity contribution in [3.8, 4) is 5.88 Å². The van der Waals surface area contributed by atoms with E-state index in [-0.39, 0.29) is 29.8 Å². The molecule has 0 radical (unpaired) electrons. The lowest BCUT2D eigenvalue weighted by Crippen LogP contribution is -2.13. The SMILES string of the molecule is C=CCCOc1nc(NN)nc(C)c1[N+](=O)[O-]. The van der Waals surface area contributed by atoms with Crippen LogP contribution in [-0.4, -0.2) is 21.5 Å². The smallest absolute Gasteiger partial charge is 0.352 e. The second kappa shape index (κ2) is 5.75. The Balaban J connectivity index is 3.08. The fourth-order valence-corrected chi connectivity index (χ4v) is 1.16. The average molecular weight is 239 g/mol. The number of nitrogens with zero attached hydrogens (tertiary/aromatic N) is 3. The molecule has 1 heterocycles. The van der Waals surface area contributed by atoms with Crippen molar-refractivity contribution in [1.82, 2.24) is 9.97 Å². The first-order valence-corrected chi connectivity index (χ1v) is 4.83. The van der Waals surface area contributed by atoms with Crippen LogP contribution in [0.5, 0.6) is 5.88 Å². The molecule has 0 bridgehead atoms. The van der Waals surface area contributed by atoms with Crippen LogP contribution < -0.4 is 16.0 Å². The highest BCUT2D eigenvalue weighted by Crippen LogP contribution is 2.28. The van der Waals surface area contributed by atoms with Crippen molar-refractivity contribution >= 4 is 11.6 Å². The Hall–Kier alpha value is -2.22. The van der Waals surface area contributed by atoms with Gasteiger partial charge in [-0.25, -0.2) is 10.8 Å². The van der Waals surface area contributed by atoms with Crippen molar-refractivity contribution in [3.05, 3.63) is 28.5 Å². The monoisotopic (exact) mass is 239 g/mol. The number of nitrogens with two attached hydrogens (primary N) is 1. The number of ether oxygens (including phenoxy) is 1. The lowest BCUT2D eigenvalue weighted by atomic mass is 10.3. The molecule has 0 amide bonds. The van der Waals surface area contributed by atoms with Gasteiger partial charge in [0.1, 0.15) is 5.69 Å². The molecule has 0 atom stereocenters. The minimum atomic E-state index is -0.584. The van der Waals surface area contributed by atoms with Crippen molar-refractivity contribution in [2.24, 2.45) is 5.84 Å². The van der Waals surface area contributed by atoms with Crippen molar-refractivity contribution < 1.29 is 9.66 Å². The van der Waals surface area contributed by atoms with Gasteiger partial charge in [0, 0.05) is 0 Å². The summed E-state index contributed by atoms with van der Waals surface area (Å²) >= 11 is 0. The van der Waals surface area contributed by atoms with Crippen LogP contribution in [0.4, 0.5) is 11.6 Å². The van der Waals surface area contributed by atoms with E-state index in [2.05, 4.69) is 22.0 Å². The Kier molecular flexibility index (Phi) is 4.35. The number of anilines is 1. The molecule has 8 heteroatoms. The van der Waals surface area contributed by atoms with Gasteiger partial charge in [-0.2, -0.15) is 4.98 Å². The third-order valence-electron chi connectivity index (χ3n) is 1.90. The number of nitro groups is 1. The summed E-state index contributed by atoms with van der Waals surface area (Å²) in [6, 6.07) is 0. The van der Waals surface area contributed by atoms with Crippen molar-refractivity contribution in [3.63, 3.8) is 0 Å². The van der Waals surface area contributed by atoms with Gasteiger partial charge in [0.05, 0.1) is 11.5 Å². The Morgan fingerprint density at radius 2 is 2.35 bits per heavy atom. The minimum Gasteiger partial charge on any atom is -0.472 e. The Morgan fingerprint density at radius 3 is 2.88 bits per heavy atom. The molecule has 0 spiro atoms. The van der Waals surface area contributed by atoms with Crippen LogP contribution in [0, 0.1) is 17.0 Å². The van der Waals surface area contributed by atoms with E-state index >= 15 is 0 Å². The van der Waals surface area contributed by atoms with Crippen LogP contribution in [0.3, 0.4) is 0 Å². The molecule has 0 aliphatic carbocycles. The zero-order valence-electron chi connectivity index (χ0n) is 9.34. The molecule has 1 aromatic rings. The van der Waals surface area contributed by atoms with E-state index in [1.807, 2.05) is 0 Å². The average Bonchev–Trinajstić information content (AvgIpc) is 2.28. The highest BCUT2D eigenvalue weighted by Gasteiger charge is 2.23. The number of nitrogen functional groups attached to an aromatic ring is 1. The lowest BCUT2D eigenvalue weighted by Gasteiger charge is -2.07. The molecule has 8 nitrogen and oxygen atoms in total. The van der Waals surface area contributed by atoms with Crippen LogP contribution in [0.2, 0.25) is 0 Å². The highest BCUT2D eigenvalue weighted by atomic mass is 16.6. The second-order valence-electron chi connectivity index (χ2n) is 3.11. The summed E-state index contributed by atoms with van der Waals surface area (Å²) in [6.45, 7) is 5.26. The molecule has 1 rings (SSSR count). The van der Waals surface area contributed by atoms with Crippen LogP contribution in [0.1, 0.15) is 12.1 Å². The minimum absolute atomic E-state index is 0.0710. The number of hydrazine groups is 1. The molecular weight excluding hydrogens is 226 g/mol. The van der Waals surface area contributed by atoms with Crippen molar-refractivity contribution in [2.45, 2.75) is 13.3 Å². The van der Waals surface area contributed by atoms with E-state index in [9.17, 15) is 10.1 Å². The first-order chi connectivity index (χ1) is 8.10. The second-order valence-corrected chi connectivity index (χ2v) is 3.11. The van der Waals surface area contributed by atoms with E-state index in [4.69, 9.17) is 10.6 Å². The van der Waals surface area contributed by atoms with Crippen LogP contribution in [0.25, 0.3) is 0 Å². The van der Waals surface area contributed by atoms with Gasteiger partial charge in [-0.1, -0.05) is 6.08 Å². The highest BCUT2D eigenvalue weighted by molar-refractivity contribution is 5.48. The van der Waals surface area contributed by atoms with E-state index in [0.717, 1.165) is 0 Å². The number of nitrogens with one attached hydrogen (secondary N) is 1. The largest absolute Gasteiger partial charge is 0.472 e. The molecule has 0 aromatic carbocycles. The fourth-order valence-electron chi connectivity index (χ4n) is 1.16. The number of aryl methyl sites for hydroxylation is 1. The van der Waals surface area contributed by atoms with Crippen LogP contribution in [0.15, 0.2) is 12.7 Å². The molecular formula is C9H13N5O3. The molecule has 0 saturated heterocycles. The molecule has 1 aromatic heterocycles. The number of rotatable bonds is 6. The fraction of sp³-hybridized carbons (Fsp3) is 0.333. The summed E-state index contributed by atoms with van der Waals surface area (Å²) in [6.07, 6.45) is 2.20. The summed E-state index contributed by atoms with van der Waals surface area (Å²) in [4.78, 5) is 17.9. The van der Waals surface area contributed by atoms with E-state index < -0.39 is 4.92 Å². The summed E-state index contributed by atoms with van der Waals surface area (Å²) in [7, 11) is 0. The number of aromatic nitrogens is 2. The van der Waals surface area contributed by atoms with Crippen molar-refractivity contribution in [2.75, 3.05) is 12.0 Å². The van der Waals surface area contributed by atoms with E-state index in [1.54, 1.807) is 6.08 Å². The van der Waals surface area contributed by atoms with Gasteiger partial charge in [-0.15, -0.1) is 6.58 Å². The lowest BCUT2D eigenvalue weighted by molar-refractivity contribution is -0.387. The number of hydrogen-bond acceptors (Lipinski definition) is 7. The van der Waals surface area contributed by atoms with Gasteiger partial charge in [0.2, 0.25) is 5.95 Å². The summed E-state index contributed by atoms with van der Waals surface area (Å²) in [5.41, 5.74) is 2.15. The molecule has 92 valence electrons. The molecule has 0 fully saturated rings. The van der Waals surface area contributed by atoms with Crippen LogP contribution >= 0.6 is 0 Å². The summed E-state index contributed by atoms with van der Waals surface area (Å²) < 4.78 is 5.20. The Bertz CT molecular complexity index is 435. The topological polar surface area (TPSA) is 116 Å². The van der Waals surface area contributed by atoms with Gasteiger partial charge in [-0.3, -0.25) is 15.5 Å². The third-order valence-corrected chi connectivity index (χ3v) is 1.90. The summed E-state index contributed by atoms with van der Waals surface area (Å²) in [5, 5.41) is 10.8. The van der Waals surface area contributed by atoms with E-state index in [0.29, 0.717) is 6.42 Å². The van der Waals surface area contributed by atoms with Crippen molar-refractivity contribution in [1.29, 1.82) is 0 Å². The number of hydrogen-bond donors (Lipinski definition) is 2. The van der Waals surface area contributed by atoms with Gasteiger partial charge < -0.3 is 4.74 Å². The van der Waals surface area contributed by atoms with Gasteiger partial charge >= 0.3 is 5.69 Å². The zero-order valence-corrected chi connectivity index (χ0v) is 9.34. The molecule has 0 aliphatic rings. The Morgan fingerprint density at radius 1 is 1.65 bits per heavy atom.